The number of hydrogen-bond acceptors (Lipinski definition) is 4. The molecule has 1 amide bonds. The van der Waals surface area contributed by atoms with Gasteiger partial charge in [0.25, 0.3) is 0 Å². The molecule has 2 rings (SSSR count). The lowest BCUT2D eigenvalue weighted by molar-refractivity contribution is -0.119. The Morgan fingerprint density at radius 1 is 1.38 bits per heavy atom. The van der Waals surface area contributed by atoms with Crippen molar-refractivity contribution in [3.63, 3.8) is 0 Å². The highest BCUT2D eigenvalue weighted by molar-refractivity contribution is 7.89. The highest BCUT2D eigenvalue weighted by atomic mass is 32.2. The molecule has 6 nitrogen and oxygen atoms in total. The molecule has 3 N–H and O–H groups in total. The molecule has 1 aliphatic rings. The first-order valence-corrected chi connectivity index (χ1v) is 8.65. The van der Waals surface area contributed by atoms with Crippen LogP contribution in [-0.2, 0) is 21.2 Å². The number of benzene rings is 1. The van der Waals surface area contributed by atoms with E-state index in [9.17, 15) is 13.2 Å². The number of carbonyl (C=O) groups is 1. The SMILES string of the molecule is CCCNC(=O)CNS(=O)(=O)c1cccc2c1CCCN2. The summed E-state index contributed by atoms with van der Waals surface area (Å²) in [7, 11) is -3.67. The van der Waals surface area contributed by atoms with Crippen molar-refractivity contribution in [1.82, 2.24) is 10.0 Å². The summed E-state index contributed by atoms with van der Waals surface area (Å²) in [6.45, 7) is 3.10. The monoisotopic (exact) mass is 311 g/mol. The van der Waals surface area contributed by atoms with Crippen LogP contribution in [0, 0.1) is 0 Å². The van der Waals surface area contributed by atoms with Crippen LogP contribution in [-0.4, -0.2) is 34.0 Å². The second kappa shape index (κ2) is 6.91. The zero-order valence-electron chi connectivity index (χ0n) is 12.1. The van der Waals surface area contributed by atoms with E-state index < -0.39 is 10.0 Å². The van der Waals surface area contributed by atoms with Crippen molar-refractivity contribution in [1.29, 1.82) is 0 Å². The lowest BCUT2D eigenvalue weighted by Gasteiger charge is -2.20. The van der Waals surface area contributed by atoms with Gasteiger partial charge in [-0.15, -0.1) is 0 Å². The summed E-state index contributed by atoms with van der Waals surface area (Å²) in [6, 6.07) is 5.17. The number of hydrogen-bond donors (Lipinski definition) is 3. The first-order chi connectivity index (χ1) is 10.0. The van der Waals surface area contributed by atoms with E-state index in [0.717, 1.165) is 37.1 Å². The third kappa shape index (κ3) is 3.95. The molecule has 21 heavy (non-hydrogen) atoms. The summed E-state index contributed by atoms with van der Waals surface area (Å²) >= 11 is 0. The maximum absolute atomic E-state index is 12.4. The second-order valence-electron chi connectivity index (χ2n) is 4.99. The topological polar surface area (TPSA) is 87.3 Å². The minimum absolute atomic E-state index is 0.237. The summed E-state index contributed by atoms with van der Waals surface area (Å²) in [5.74, 6) is -0.316. The van der Waals surface area contributed by atoms with Gasteiger partial charge in [-0.2, -0.15) is 0 Å². The van der Waals surface area contributed by atoms with Crippen molar-refractivity contribution < 1.29 is 13.2 Å². The van der Waals surface area contributed by atoms with Crippen molar-refractivity contribution in [2.45, 2.75) is 31.1 Å². The van der Waals surface area contributed by atoms with Gasteiger partial charge < -0.3 is 10.6 Å². The summed E-state index contributed by atoms with van der Waals surface area (Å²) in [6.07, 6.45) is 2.44. The standard InChI is InChI=1S/C14H21N3O3S/c1-2-8-16-14(18)10-17-21(19,20)13-7-3-6-12-11(13)5-4-9-15-12/h3,6-7,15,17H,2,4-5,8-10H2,1H3,(H,16,18). The lowest BCUT2D eigenvalue weighted by atomic mass is 10.0. The molecule has 0 atom stereocenters. The molecule has 0 aromatic heterocycles. The number of fused-ring (bicyclic) bond motifs is 1. The van der Waals surface area contributed by atoms with Crippen LogP contribution in [0.4, 0.5) is 5.69 Å². The zero-order valence-corrected chi connectivity index (χ0v) is 12.9. The van der Waals surface area contributed by atoms with Gasteiger partial charge in [0, 0.05) is 18.8 Å². The van der Waals surface area contributed by atoms with Crippen LogP contribution in [0.3, 0.4) is 0 Å². The Kier molecular flexibility index (Phi) is 5.19. The number of anilines is 1. The number of amides is 1. The van der Waals surface area contributed by atoms with Crippen LogP contribution in [0.5, 0.6) is 0 Å². The van der Waals surface area contributed by atoms with Crippen molar-refractivity contribution >= 4 is 21.6 Å². The second-order valence-corrected chi connectivity index (χ2v) is 6.72. The van der Waals surface area contributed by atoms with Gasteiger partial charge in [-0.05, 0) is 37.0 Å². The summed E-state index contributed by atoms with van der Waals surface area (Å²) in [5.41, 5.74) is 1.66. The van der Waals surface area contributed by atoms with Crippen molar-refractivity contribution in [2.24, 2.45) is 0 Å². The number of rotatable bonds is 6. The molecule has 1 heterocycles. The highest BCUT2D eigenvalue weighted by Gasteiger charge is 2.22. The van der Waals surface area contributed by atoms with E-state index in [2.05, 4.69) is 15.4 Å². The minimum Gasteiger partial charge on any atom is -0.385 e. The Morgan fingerprint density at radius 3 is 2.95 bits per heavy atom. The average Bonchev–Trinajstić information content (AvgIpc) is 2.50. The lowest BCUT2D eigenvalue weighted by Crippen LogP contribution is -2.37. The van der Waals surface area contributed by atoms with Crippen LogP contribution in [0.2, 0.25) is 0 Å². The molecule has 1 aromatic carbocycles. The van der Waals surface area contributed by atoms with Gasteiger partial charge in [-0.1, -0.05) is 13.0 Å². The van der Waals surface area contributed by atoms with Crippen LogP contribution >= 0.6 is 0 Å². The van der Waals surface area contributed by atoms with Crippen LogP contribution < -0.4 is 15.4 Å². The van der Waals surface area contributed by atoms with Crippen molar-refractivity contribution in [3.8, 4) is 0 Å². The largest absolute Gasteiger partial charge is 0.385 e. The molecular formula is C14H21N3O3S. The molecule has 7 heteroatoms. The average molecular weight is 311 g/mol. The van der Waals surface area contributed by atoms with Gasteiger partial charge >= 0.3 is 0 Å². The molecule has 1 aliphatic heterocycles. The predicted octanol–water partition coefficient (Wildman–Crippen LogP) is 0.849. The maximum Gasteiger partial charge on any atom is 0.241 e. The van der Waals surface area contributed by atoms with E-state index in [-0.39, 0.29) is 17.3 Å². The number of nitrogens with one attached hydrogen (secondary N) is 3. The fraction of sp³-hybridized carbons (Fsp3) is 0.500. The third-order valence-corrected chi connectivity index (χ3v) is 4.82. The van der Waals surface area contributed by atoms with Crippen LogP contribution in [0.15, 0.2) is 23.1 Å². The summed E-state index contributed by atoms with van der Waals surface area (Å²) < 4.78 is 27.1. The molecule has 0 radical (unpaired) electrons. The van der Waals surface area contributed by atoms with Crippen molar-refractivity contribution in [3.05, 3.63) is 23.8 Å². The molecule has 0 aliphatic carbocycles. The first kappa shape index (κ1) is 15.8. The van der Waals surface area contributed by atoms with Gasteiger partial charge in [0.15, 0.2) is 0 Å². The number of sulfonamides is 1. The van der Waals surface area contributed by atoms with Gasteiger partial charge in [-0.25, -0.2) is 13.1 Å². The van der Waals surface area contributed by atoms with Gasteiger partial charge in [-0.3, -0.25) is 4.79 Å². The predicted molar refractivity (Wildman–Crippen MR) is 81.7 cm³/mol. The number of carbonyl (C=O) groups excluding carboxylic acids is 1. The Bertz CT molecular complexity index is 614. The molecule has 0 unspecified atom stereocenters. The molecule has 116 valence electrons. The fourth-order valence-electron chi connectivity index (χ4n) is 2.29. The quantitative estimate of drug-likeness (QED) is 0.727. The molecule has 0 fully saturated rings. The molecule has 0 bridgehead atoms. The van der Waals surface area contributed by atoms with E-state index in [1.807, 2.05) is 13.0 Å². The van der Waals surface area contributed by atoms with Gasteiger partial charge in [0.1, 0.15) is 0 Å². The molecular weight excluding hydrogens is 290 g/mol. The maximum atomic E-state index is 12.4. The first-order valence-electron chi connectivity index (χ1n) is 7.16. The van der Waals surface area contributed by atoms with Crippen LogP contribution in [0.25, 0.3) is 0 Å². The Hall–Kier alpha value is -1.60. The highest BCUT2D eigenvalue weighted by Crippen LogP contribution is 2.28. The Morgan fingerprint density at radius 2 is 2.19 bits per heavy atom. The minimum atomic E-state index is -3.67. The van der Waals surface area contributed by atoms with Crippen molar-refractivity contribution in [2.75, 3.05) is 25.0 Å². The van der Waals surface area contributed by atoms with E-state index in [1.54, 1.807) is 12.1 Å². The Labute approximate surface area is 125 Å². The smallest absolute Gasteiger partial charge is 0.241 e. The Balaban J connectivity index is 2.11. The van der Waals surface area contributed by atoms with E-state index in [0.29, 0.717) is 6.54 Å². The third-order valence-electron chi connectivity index (χ3n) is 3.34. The summed E-state index contributed by atoms with van der Waals surface area (Å²) in [5, 5.41) is 5.84. The fourth-order valence-corrected chi connectivity index (χ4v) is 3.57. The molecule has 1 aromatic rings. The zero-order chi connectivity index (χ0) is 15.3. The molecule has 0 spiro atoms. The van der Waals surface area contributed by atoms with Gasteiger partial charge in [0.2, 0.25) is 15.9 Å². The van der Waals surface area contributed by atoms with E-state index >= 15 is 0 Å². The van der Waals surface area contributed by atoms with Crippen LogP contribution in [0.1, 0.15) is 25.3 Å². The summed E-state index contributed by atoms with van der Waals surface area (Å²) in [4.78, 5) is 11.8. The van der Waals surface area contributed by atoms with E-state index in [1.165, 1.54) is 0 Å². The molecule has 0 saturated heterocycles. The normalized spacial score (nSPS) is 14.1. The van der Waals surface area contributed by atoms with Gasteiger partial charge in [0.05, 0.1) is 11.4 Å². The molecule has 0 saturated carbocycles. The van der Waals surface area contributed by atoms with E-state index in [4.69, 9.17) is 0 Å².